The van der Waals surface area contributed by atoms with Crippen LogP contribution in [0.3, 0.4) is 0 Å². The third-order valence-corrected chi connectivity index (χ3v) is 5.90. The maximum atomic E-state index is 12.9. The molecular formula is C20H20FN5O2S2. The minimum Gasteiger partial charge on any atom is -0.326 e. The standard InChI is InChI=1S/C20H20FN5O2S2/c1-26-17(11-18(27)22-14-9-7-13(21)8-10-14)24-25-20(26)30-12-19(28)23-15-5-3-4-6-16(15)29-2/h3-10H,11-12H2,1-2H3,(H,22,27)(H,23,28). The summed E-state index contributed by atoms with van der Waals surface area (Å²) in [6.45, 7) is 0. The Bertz CT molecular complexity index is 1040. The molecule has 2 aromatic carbocycles. The lowest BCUT2D eigenvalue weighted by Gasteiger charge is -2.09. The molecule has 2 amide bonds. The number of hydrogen-bond acceptors (Lipinski definition) is 6. The van der Waals surface area contributed by atoms with Gasteiger partial charge >= 0.3 is 0 Å². The van der Waals surface area contributed by atoms with Crippen LogP contribution in [0.5, 0.6) is 0 Å². The van der Waals surface area contributed by atoms with Crippen LogP contribution in [0.4, 0.5) is 15.8 Å². The van der Waals surface area contributed by atoms with Crippen molar-refractivity contribution in [2.75, 3.05) is 22.6 Å². The van der Waals surface area contributed by atoms with Crippen molar-refractivity contribution in [3.8, 4) is 0 Å². The summed E-state index contributed by atoms with van der Waals surface area (Å²) >= 11 is 2.80. The number of para-hydroxylation sites is 1. The van der Waals surface area contributed by atoms with Gasteiger partial charge in [0.05, 0.1) is 17.9 Å². The Labute approximate surface area is 181 Å². The van der Waals surface area contributed by atoms with Gasteiger partial charge in [-0.2, -0.15) is 0 Å². The number of benzene rings is 2. The van der Waals surface area contributed by atoms with Gasteiger partial charge in [-0.05, 0) is 42.7 Å². The number of amides is 2. The van der Waals surface area contributed by atoms with Gasteiger partial charge in [-0.15, -0.1) is 22.0 Å². The Morgan fingerprint density at radius 3 is 2.50 bits per heavy atom. The van der Waals surface area contributed by atoms with E-state index in [1.54, 1.807) is 23.4 Å². The zero-order valence-corrected chi connectivity index (χ0v) is 18.0. The average Bonchev–Trinajstić information content (AvgIpc) is 3.08. The molecule has 0 aliphatic carbocycles. The SMILES string of the molecule is CSc1ccccc1NC(=O)CSc1nnc(CC(=O)Nc2ccc(F)cc2)n1C. The highest BCUT2D eigenvalue weighted by molar-refractivity contribution is 7.99. The Kier molecular flexibility index (Phi) is 7.47. The molecule has 0 spiro atoms. The molecule has 0 radical (unpaired) electrons. The molecule has 10 heteroatoms. The maximum Gasteiger partial charge on any atom is 0.234 e. The van der Waals surface area contributed by atoms with Gasteiger partial charge in [0.2, 0.25) is 11.8 Å². The van der Waals surface area contributed by atoms with E-state index in [0.717, 1.165) is 10.6 Å². The van der Waals surface area contributed by atoms with Crippen molar-refractivity contribution in [3.05, 3.63) is 60.2 Å². The topological polar surface area (TPSA) is 88.9 Å². The van der Waals surface area contributed by atoms with Gasteiger partial charge in [-0.25, -0.2) is 4.39 Å². The van der Waals surface area contributed by atoms with Gasteiger partial charge in [0.15, 0.2) is 5.16 Å². The molecule has 0 unspecified atom stereocenters. The Balaban J connectivity index is 1.54. The van der Waals surface area contributed by atoms with Crippen LogP contribution in [0.15, 0.2) is 58.6 Å². The lowest BCUT2D eigenvalue weighted by Crippen LogP contribution is -2.17. The second-order valence-electron chi connectivity index (χ2n) is 6.23. The summed E-state index contributed by atoms with van der Waals surface area (Å²) in [7, 11) is 1.74. The number of halogens is 1. The minimum atomic E-state index is -0.371. The van der Waals surface area contributed by atoms with Crippen LogP contribution in [0.25, 0.3) is 0 Å². The van der Waals surface area contributed by atoms with Gasteiger partial charge in [-0.1, -0.05) is 23.9 Å². The summed E-state index contributed by atoms with van der Waals surface area (Å²) in [4.78, 5) is 25.5. The molecular weight excluding hydrogens is 425 g/mol. The minimum absolute atomic E-state index is 0.00866. The van der Waals surface area contributed by atoms with E-state index in [1.165, 1.54) is 36.0 Å². The van der Waals surface area contributed by atoms with Crippen LogP contribution in [-0.2, 0) is 23.1 Å². The van der Waals surface area contributed by atoms with Crippen LogP contribution < -0.4 is 10.6 Å². The first kappa shape index (κ1) is 21.8. The van der Waals surface area contributed by atoms with Crippen molar-refractivity contribution in [1.29, 1.82) is 0 Å². The normalized spacial score (nSPS) is 10.6. The van der Waals surface area contributed by atoms with Gasteiger partial charge in [0.25, 0.3) is 0 Å². The second-order valence-corrected chi connectivity index (χ2v) is 8.02. The van der Waals surface area contributed by atoms with E-state index in [2.05, 4.69) is 20.8 Å². The van der Waals surface area contributed by atoms with E-state index in [4.69, 9.17) is 0 Å². The lowest BCUT2D eigenvalue weighted by molar-refractivity contribution is -0.116. The van der Waals surface area contributed by atoms with Gasteiger partial charge < -0.3 is 15.2 Å². The third-order valence-electron chi connectivity index (χ3n) is 4.09. The Morgan fingerprint density at radius 1 is 1.03 bits per heavy atom. The molecule has 156 valence electrons. The third kappa shape index (κ3) is 5.83. The first-order valence-electron chi connectivity index (χ1n) is 8.95. The monoisotopic (exact) mass is 445 g/mol. The van der Waals surface area contributed by atoms with Crippen molar-refractivity contribution in [2.45, 2.75) is 16.5 Å². The molecule has 3 aromatic rings. The predicted octanol–water partition coefficient (Wildman–Crippen LogP) is 3.59. The number of nitrogens with zero attached hydrogens (tertiary/aromatic N) is 3. The zero-order valence-electron chi connectivity index (χ0n) is 16.4. The first-order valence-corrected chi connectivity index (χ1v) is 11.2. The maximum absolute atomic E-state index is 12.9. The van der Waals surface area contributed by atoms with Crippen molar-refractivity contribution in [3.63, 3.8) is 0 Å². The molecule has 0 saturated heterocycles. The number of thioether (sulfide) groups is 2. The fourth-order valence-corrected chi connectivity index (χ4v) is 3.85. The largest absolute Gasteiger partial charge is 0.326 e. The molecule has 0 fully saturated rings. The van der Waals surface area contributed by atoms with Crippen LogP contribution in [0.1, 0.15) is 5.82 Å². The van der Waals surface area contributed by atoms with E-state index in [0.29, 0.717) is 16.7 Å². The number of carbonyl (C=O) groups is 2. The van der Waals surface area contributed by atoms with Crippen LogP contribution in [-0.4, -0.2) is 38.6 Å². The smallest absolute Gasteiger partial charge is 0.234 e. The average molecular weight is 446 g/mol. The molecule has 0 bridgehead atoms. The molecule has 0 aliphatic heterocycles. The molecule has 30 heavy (non-hydrogen) atoms. The number of anilines is 2. The van der Waals surface area contributed by atoms with Crippen LogP contribution in [0, 0.1) is 5.82 Å². The van der Waals surface area contributed by atoms with Crippen molar-refractivity contribution in [1.82, 2.24) is 14.8 Å². The van der Waals surface area contributed by atoms with E-state index >= 15 is 0 Å². The van der Waals surface area contributed by atoms with Crippen LogP contribution >= 0.6 is 23.5 Å². The number of nitrogens with one attached hydrogen (secondary N) is 2. The molecule has 2 N–H and O–H groups in total. The summed E-state index contributed by atoms with van der Waals surface area (Å²) in [6, 6.07) is 13.1. The quantitative estimate of drug-likeness (QED) is 0.515. The number of rotatable bonds is 8. The summed E-state index contributed by atoms with van der Waals surface area (Å²) in [5, 5.41) is 14.2. The van der Waals surface area contributed by atoms with E-state index in [9.17, 15) is 14.0 Å². The van der Waals surface area contributed by atoms with E-state index in [-0.39, 0.29) is 29.8 Å². The highest BCUT2D eigenvalue weighted by Crippen LogP contribution is 2.25. The molecule has 7 nitrogen and oxygen atoms in total. The highest BCUT2D eigenvalue weighted by atomic mass is 32.2. The molecule has 0 aliphatic rings. The molecule has 1 heterocycles. The summed E-state index contributed by atoms with van der Waals surface area (Å²) in [6.07, 6.45) is 1.96. The summed E-state index contributed by atoms with van der Waals surface area (Å²) in [5.41, 5.74) is 1.27. The lowest BCUT2D eigenvalue weighted by atomic mass is 10.3. The molecule has 3 rings (SSSR count). The number of carbonyl (C=O) groups excluding carboxylic acids is 2. The van der Waals surface area contributed by atoms with Gasteiger partial charge in [0.1, 0.15) is 11.6 Å². The number of hydrogen-bond donors (Lipinski definition) is 2. The first-order chi connectivity index (χ1) is 14.5. The van der Waals surface area contributed by atoms with E-state index in [1.807, 2.05) is 30.5 Å². The van der Waals surface area contributed by atoms with Gasteiger partial charge in [0, 0.05) is 17.6 Å². The van der Waals surface area contributed by atoms with Crippen molar-refractivity contribution < 1.29 is 14.0 Å². The highest BCUT2D eigenvalue weighted by Gasteiger charge is 2.15. The Hall–Kier alpha value is -2.85. The molecule has 0 saturated carbocycles. The second kappa shape index (κ2) is 10.3. The van der Waals surface area contributed by atoms with Crippen LogP contribution in [0.2, 0.25) is 0 Å². The summed E-state index contributed by atoms with van der Waals surface area (Å²) < 4.78 is 14.6. The fraction of sp³-hybridized carbons (Fsp3) is 0.200. The Morgan fingerprint density at radius 2 is 1.77 bits per heavy atom. The number of aromatic nitrogens is 3. The molecule has 1 aromatic heterocycles. The zero-order chi connectivity index (χ0) is 21.5. The fourth-order valence-electron chi connectivity index (χ4n) is 2.57. The molecule has 0 atom stereocenters. The van der Waals surface area contributed by atoms with Gasteiger partial charge in [-0.3, -0.25) is 9.59 Å². The predicted molar refractivity (Wildman–Crippen MR) is 117 cm³/mol. The summed E-state index contributed by atoms with van der Waals surface area (Å²) in [5.74, 6) is -0.189. The van der Waals surface area contributed by atoms with Crippen molar-refractivity contribution >= 4 is 46.7 Å². The van der Waals surface area contributed by atoms with E-state index < -0.39 is 0 Å². The van der Waals surface area contributed by atoms with Crippen molar-refractivity contribution in [2.24, 2.45) is 7.05 Å².